The highest BCUT2D eigenvalue weighted by Gasteiger charge is 2.20. The van der Waals surface area contributed by atoms with E-state index in [9.17, 15) is 0 Å². The summed E-state index contributed by atoms with van der Waals surface area (Å²) in [5, 5.41) is 4.46. The van der Waals surface area contributed by atoms with Crippen molar-refractivity contribution in [2.45, 2.75) is 0 Å². The molecule has 0 spiro atoms. The molecular weight excluding hydrogens is 607 g/mol. The fourth-order valence-electron chi connectivity index (χ4n) is 6.85. The highest BCUT2D eigenvalue weighted by Crippen LogP contribution is 2.40. The van der Waals surface area contributed by atoms with Gasteiger partial charge in [-0.15, -0.1) is 11.3 Å². The summed E-state index contributed by atoms with van der Waals surface area (Å²) in [4.78, 5) is 20.7. The molecule has 48 heavy (non-hydrogen) atoms. The molecule has 0 aliphatic rings. The number of benzene rings is 6. The largest absolute Gasteiger partial charge is 0.309 e. The Labute approximate surface area is 279 Å². The minimum atomic E-state index is 0.505. The van der Waals surface area contributed by atoms with Gasteiger partial charge in [0.1, 0.15) is 0 Å². The SMILES string of the molecule is c1ccc(-c2nc(-c3nc(-c4ccc5c(c4)c4ccccc4n5-c4ccccc4)c4ccccc4n3)nc3c2sc2ccccc23)cc1. The molecular formula is C42H25N5S. The summed E-state index contributed by atoms with van der Waals surface area (Å²) in [6, 6.07) is 52.7. The van der Waals surface area contributed by atoms with Gasteiger partial charge in [0, 0.05) is 43.1 Å². The van der Waals surface area contributed by atoms with Gasteiger partial charge in [0.2, 0.25) is 0 Å². The third kappa shape index (κ3) is 4.16. The molecule has 0 bridgehead atoms. The van der Waals surface area contributed by atoms with Gasteiger partial charge in [0.05, 0.1) is 38.2 Å². The summed E-state index contributed by atoms with van der Waals surface area (Å²) in [6.45, 7) is 0. The van der Waals surface area contributed by atoms with Crippen molar-refractivity contribution in [2.75, 3.05) is 0 Å². The van der Waals surface area contributed by atoms with Gasteiger partial charge in [-0.3, -0.25) is 0 Å². The second-order valence-corrected chi connectivity index (χ2v) is 12.9. The van der Waals surface area contributed by atoms with Gasteiger partial charge in [-0.25, -0.2) is 19.9 Å². The Morgan fingerprint density at radius 2 is 1.08 bits per heavy atom. The lowest BCUT2D eigenvalue weighted by atomic mass is 10.0. The van der Waals surface area contributed by atoms with Crippen LogP contribution in [0.5, 0.6) is 0 Å². The maximum absolute atomic E-state index is 5.26. The molecule has 0 N–H and O–H groups in total. The summed E-state index contributed by atoms with van der Waals surface area (Å²) < 4.78 is 4.57. The van der Waals surface area contributed by atoms with Crippen LogP contribution in [0.25, 0.3) is 92.9 Å². The van der Waals surface area contributed by atoms with Crippen LogP contribution < -0.4 is 0 Å². The Morgan fingerprint density at radius 3 is 1.94 bits per heavy atom. The molecule has 10 aromatic rings. The van der Waals surface area contributed by atoms with Crippen molar-refractivity contribution in [3.63, 3.8) is 0 Å². The van der Waals surface area contributed by atoms with Crippen molar-refractivity contribution in [2.24, 2.45) is 0 Å². The van der Waals surface area contributed by atoms with Gasteiger partial charge in [0.15, 0.2) is 11.6 Å². The molecule has 224 valence electrons. The Kier molecular flexibility index (Phi) is 5.98. The van der Waals surface area contributed by atoms with Gasteiger partial charge in [-0.05, 0) is 42.5 Å². The first-order valence-corrected chi connectivity index (χ1v) is 16.7. The zero-order chi connectivity index (χ0) is 31.6. The lowest BCUT2D eigenvalue weighted by molar-refractivity contribution is 1.13. The zero-order valence-corrected chi connectivity index (χ0v) is 26.4. The molecule has 0 amide bonds. The number of hydrogen-bond donors (Lipinski definition) is 0. The second kappa shape index (κ2) is 10.7. The third-order valence-corrected chi connectivity index (χ3v) is 10.2. The maximum atomic E-state index is 5.26. The quantitative estimate of drug-likeness (QED) is 0.194. The molecule has 5 nitrogen and oxygen atoms in total. The van der Waals surface area contributed by atoms with Crippen molar-refractivity contribution in [3.8, 4) is 39.9 Å². The van der Waals surface area contributed by atoms with Gasteiger partial charge in [-0.2, -0.15) is 0 Å². The summed E-state index contributed by atoms with van der Waals surface area (Å²) in [5.41, 5.74) is 9.03. The second-order valence-electron chi connectivity index (χ2n) is 11.9. The van der Waals surface area contributed by atoms with Crippen LogP contribution in [0, 0.1) is 0 Å². The van der Waals surface area contributed by atoms with E-state index in [0.717, 1.165) is 60.2 Å². The van der Waals surface area contributed by atoms with E-state index in [-0.39, 0.29) is 0 Å². The van der Waals surface area contributed by atoms with Gasteiger partial charge in [-0.1, -0.05) is 109 Å². The number of aromatic nitrogens is 5. The average molecular weight is 632 g/mol. The highest BCUT2D eigenvalue weighted by molar-refractivity contribution is 7.26. The van der Waals surface area contributed by atoms with Crippen LogP contribution in [0.4, 0.5) is 0 Å². The third-order valence-electron chi connectivity index (χ3n) is 9.03. The highest BCUT2D eigenvalue weighted by atomic mass is 32.1. The van der Waals surface area contributed by atoms with Gasteiger partial charge < -0.3 is 4.57 Å². The van der Waals surface area contributed by atoms with Crippen molar-refractivity contribution < 1.29 is 0 Å². The van der Waals surface area contributed by atoms with E-state index < -0.39 is 0 Å². The zero-order valence-electron chi connectivity index (χ0n) is 25.6. The standard InChI is InChI=1S/C42H25N5S/c1-3-13-26(14-4-1)38-40-39(31-19-9-12-22-36(31)48-40)46-42(45-38)41-43-33-20-10-7-18-30(33)37(44-41)27-23-24-35-32(25-27)29-17-8-11-21-34(29)47(35)28-15-5-2-6-16-28/h1-25H. The van der Waals surface area contributed by atoms with Crippen LogP contribution in [-0.2, 0) is 0 Å². The van der Waals surface area contributed by atoms with E-state index in [0.29, 0.717) is 11.6 Å². The molecule has 0 atom stereocenters. The molecule has 0 unspecified atom stereocenters. The van der Waals surface area contributed by atoms with E-state index in [1.165, 1.54) is 21.0 Å². The number of fused-ring (bicyclic) bond motifs is 7. The number of rotatable bonds is 4. The molecule has 0 aliphatic heterocycles. The van der Waals surface area contributed by atoms with E-state index in [2.05, 4.69) is 120 Å². The van der Waals surface area contributed by atoms with Crippen LogP contribution in [0.3, 0.4) is 0 Å². The van der Waals surface area contributed by atoms with Crippen molar-refractivity contribution in [1.82, 2.24) is 24.5 Å². The molecule has 0 radical (unpaired) electrons. The van der Waals surface area contributed by atoms with Crippen LogP contribution in [0.2, 0.25) is 0 Å². The minimum absolute atomic E-state index is 0.505. The molecule has 10 rings (SSSR count). The van der Waals surface area contributed by atoms with Crippen LogP contribution in [0.1, 0.15) is 0 Å². The Hall–Kier alpha value is -6.24. The van der Waals surface area contributed by atoms with E-state index in [1.54, 1.807) is 11.3 Å². The molecule has 4 aromatic heterocycles. The number of para-hydroxylation sites is 3. The molecule has 6 heteroatoms. The Balaban J connectivity index is 1.23. The number of thiophene rings is 1. The smallest absolute Gasteiger partial charge is 0.199 e. The summed E-state index contributed by atoms with van der Waals surface area (Å²) in [7, 11) is 0. The van der Waals surface area contributed by atoms with E-state index in [1.807, 2.05) is 36.4 Å². The fraction of sp³-hybridized carbons (Fsp3) is 0. The van der Waals surface area contributed by atoms with Crippen LogP contribution in [0.15, 0.2) is 152 Å². The van der Waals surface area contributed by atoms with Crippen molar-refractivity contribution in [3.05, 3.63) is 152 Å². The summed E-state index contributed by atoms with van der Waals surface area (Å²) in [5.74, 6) is 1.02. The van der Waals surface area contributed by atoms with E-state index >= 15 is 0 Å². The normalized spacial score (nSPS) is 11.8. The molecule has 0 saturated heterocycles. The summed E-state index contributed by atoms with van der Waals surface area (Å²) >= 11 is 1.72. The topological polar surface area (TPSA) is 56.5 Å². The van der Waals surface area contributed by atoms with Crippen LogP contribution >= 0.6 is 11.3 Å². The molecule has 0 fully saturated rings. The first kappa shape index (κ1) is 26.9. The predicted octanol–water partition coefficient (Wildman–Crippen LogP) is 10.9. The van der Waals surface area contributed by atoms with Crippen molar-refractivity contribution in [1.29, 1.82) is 0 Å². The predicted molar refractivity (Wildman–Crippen MR) is 199 cm³/mol. The number of nitrogens with zero attached hydrogens (tertiary/aromatic N) is 5. The summed E-state index contributed by atoms with van der Waals surface area (Å²) in [6.07, 6.45) is 0. The monoisotopic (exact) mass is 631 g/mol. The number of hydrogen-bond acceptors (Lipinski definition) is 5. The molecule has 6 aromatic carbocycles. The molecule has 0 aliphatic carbocycles. The first-order valence-electron chi connectivity index (χ1n) is 15.9. The maximum Gasteiger partial charge on any atom is 0.199 e. The average Bonchev–Trinajstić information content (AvgIpc) is 3.70. The first-order chi connectivity index (χ1) is 23.8. The lowest BCUT2D eigenvalue weighted by Gasteiger charge is -2.11. The Bertz CT molecular complexity index is 2840. The Morgan fingerprint density at radius 1 is 0.438 bits per heavy atom. The lowest BCUT2D eigenvalue weighted by Crippen LogP contribution is -2.00. The minimum Gasteiger partial charge on any atom is -0.309 e. The van der Waals surface area contributed by atoms with Crippen molar-refractivity contribution >= 4 is 64.3 Å². The molecule has 0 saturated carbocycles. The van der Waals surface area contributed by atoms with Gasteiger partial charge >= 0.3 is 0 Å². The van der Waals surface area contributed by atoms with E-state index in [4.69, 9.17) is 19.9 Å². The van der Waals surface area contributed by atoms with Gasteiger partial charge in [0.25, 0.3) is 0 Å². The van der Waals surface area contributed by atoms with Crippen LogP contribution in [-0.4, -0.2) is 24.5 Å². The fourth-order valence-corrected chi connectivity index (χ4v) is 8.01. The molecule has 4 heterocycles.